The van der Waals surface area contributed by atoms with Crippen molar-refractivity contribution in [3.63, 3.8) is 0 Å². The second-order valence-electron chi connectivity index (χ2n) is 2.45. The molecule has 0 saturated carbocycles. The second kappa shape index (κ2) is 3.32. The molecule has 0 aromatic carbocycles. The quantitative estimate of drug-likeness (QED) is 0.605. The number of aliphatic hydroxyl groups excluding tert-OH is 1. The fourth-order valence-electron chi connectivity index (χ4n) is 1.17. The van der Waals surface area contributed by atoms with Crippen molar-refractivity contribution in [1.29, 1.82) is 0 Å². The molecule has 4 unspecified atom stereocenters. The summed E-state index contributed by atoms with van der Waals surface area (Å²) in [5.41, 5.74) is 0. The molecule has 0 amide bonds. The van der Waals surface area contributed by atoms with Gasteiger partial charge in [-0.15, -0.1) is 0 Å². The van der Waals surface area contributed by atoms with Crippen molar-refractivity contribution in [3.8, 4) is 0 Å². The van der Waals surface area contributed by atoms with Crippen LogP contribution in [0.1, 0.15) is 14.7 Å². The second-order valence-corrected chi connectivity index (χ2v) is 2.45. The van der Waals surface area contributed by atoms with Crippen LogP contribution in [0, 0.1) is 0 Å². The average Bonchev–Trinajstić information content (AvgIpc) is 2.28. The summed E-state index contributed by atoms with van der Waals surface area (Å²) in [7, 11) is 1.54. The Labute approximate surface area is 62.3 Å². The van der Waals surface area contributed by atoms with Gasteiger partial charge in [0.15, 0.2) is 0 Å². The third-order valence-electron chi connectivity index (χ3n) is 1.67. The van der Waals surface area contributed by atoms with E-state index in [9.17, 15) is 0 Å². The van der Waals surface area contributed by atoms with E-state index < -0.39 is 0 Å². The molecule has 0 bridgehead atoms. The molecule has 1 N–H and O–H groups in total. The Morgan fingerprint density at radius 2 is 2.60 bits per heavy atom. The van der Waals surface area contributed by atoms with Gasteiger partial charge in [0.2, 0.25) is 0 Å². The molecule has 1 aliphatic heterocycles. The Balaban J connectivity index is 2.57. The molecule has 3 heteroatoms. The molecule has 3 nitrogen and oxygen atoms in total. The molecule has 1 rings (SSSR count). The summed E-state index contributed by atoms with van der Waals surface area (Å²) in [6.07, 6.45) is -1.12. The van der Waals surface area contributed by atoms with Gasteiger partial charge in [0, 0.05) is 14.9 Å². The van der Waals surface area contributed by atoms with Gasteiger partial charge in [0.05, 0.1) is 18.8 Å². The van der Waals surface area contributed by atoms with Crippen molar-refractivity contribution >= 4 is 0 Å². The molecule has 60 valence electrons. The molecule has 0 aromatic rings. The number of methoxy groups -OCH3 is 1. The molecule has 4 atom stereocenters. The van der Waals surface area contributed by atoms with E-state index in [0.29, 0.717) is 0 Å². The van der Waals surface area contributed by atoms with Gasteiger partial charge in [-0.05, 0) is 6.92 Å². The van der Waals surface area contributed by atoms with Crippen LogP contribution < -0.4 is 0 Å². The van der Waals surface area contributed by atoms with E-state index in [1.807, 2.05) is 6.92 Å². The lowest BCUT2D eigenvalue weighted by Crippen LogP contribution is -2.26. The van der Waals surface area contributed by atoms with E-state index in [4.69, 9.17) is 16.0 Å². The maximum absolute atomic E-state index is 8.81. The van der Waals surface area contributed by atoms with Gasteiger partial charge >= 0.3 is 0 Å². The lowest BCUT2D eigenvalue weighted by molar-refractivity contribution is -0.0302. The average molecular weight is 147 g/mol. The van der Waals surface area contributed by atoms with Gasteiger partial charge < -0.3 is 14.6 Å². The number of aliphatic hydroxyl groups is 1. The van der Waals surface area contributed by atoms with Gasteiger partial charge in [-0.2, -0.15) is 0 Å². The Morgan fingerprint density at radius 1 is 1.90 bits per heavy atom. The van der Waals surface area contributed by atoms with Crippen molar-refractivity contribution < 1.29 is 16.0 Å². The summed E-state index contributed by atoms with van der Waals surface area (Å²) in [4.78, 5) is 0. The summed E-state index contributed by atoms with van der Waals surface area (Å²) in [5.74, 6) is 0. The number of hydrogen-bond donors (Lipinski definition) is 1. The Morgan fingerprint density at radius 3 is 3.00 bits per heavy atom. The molecule has 0 radical (unpaired) electrons. The van der Waals surface area contributed by atoms with Gasteiger partial charge in [0.1, 0.15) is 6.10 Å². The van der Waals surface area contributed by atoms with E-state index in [0.717, 1.165) is 0 Å². The molecule has 10 heavy (non-hydrogen) atoms. The van der Waals surface area contributed by atoms with Gasteiger partial charge in [-0.3, -0.25) is 0 Å². The Hall–Kier alpha value is -0.120. The van der Waals surface area contributed by atoms with Crippen LogP contribution >= 0.6 is 0 Å². The minimum atomic E-state index is -0.378. The Kier molecular flexibility index (Phi) is 2.19. The normalized spacial score (nSPS) is 49.3. The molecule has 1 aliphatic rings. The third kappa shape index (κ3) is 1.48. The molecular weight excluding hydrogens is 132 g/mol. The lowest BCUT2D eigenvalue weighted by atomic mass is 10.1. The first-order valence-electron chi connectivity index (χ1n) is 3.99. The summed E-state index contributed by atoms with van der Waals surface area (Å²) in [6, 6.07) is 0. The molecular formula is C7H14O3. The smallest absolute Gasteiger partial charge is 0.107 e. The molecule has 1 fully saturated rings. The van der Waals surface area contributed by atoms with Gasteiger partial charge in [-0.1, -0.05) is 0 Å². The van der Waals surface area contributed by atoms with Crippen molar-refractivity contribution in [3.05, 3.63) is 0 Å². The van der Waals surface area contributed by atoms with E-state index in [1.165, 1.54) is 7.11 Å². The van der Waals surface area contributed by atoms with Crippen LogP contribution in [0.25, 0.3) is 0 Å². The monoisotopic (exact) mass is 147 g/mol. The summed E-state index contributed by atoms with van der Waals surface area (Å²) >= 11 is 0. The number of rotatable bonds is 2. The van der Waals surface area contributed by atoms with Crippen LogP contribution in [-0.2, 0) is 9.47 Å². The van der Waals surface area contributed by atoms with E-state index >= 15 is 0 Å². The highest BCUT2D eigenvalue weighted by Crippen LogP contribution is 2.21. The number of hydrogen-bond acceptors (Lipinski definition) is 3. The summed E-state index contributed by atoms with van der Waals surface area (Å²) in [5, 5.41) is 8.81. The van der Waals surface area contributed by atoms with Crippen LogP contribution in [0.15, 0.2) is 0 Å². The minimum Gasteiger partial charge on any atom is -0.394 e. The predicted octanol–water partition coefficient (Wildman–Crippen LogP) is 0.171. The number of ether oxygens (including phenoxy) is 2. The van der Waals surface area contributed by atoms with Crippen LogP contribution in [0.5, 0.6) is 0 Å². The largest absolute Gasteiger partial charge is 0.394 e. The van der Waals surface area contributed by atoms with Crippen molar-refractivity contribution in [1.82, 2.24) is 0 Å². The highest BCUT2D eigenvalue weighted by atomic mass is 16.6. The first-order chi connectivity index (χ1) is 5.20. The standard InChI is InChI=1S/C7H14O3/c1-5-3-6(9-2)7(4-8)10-5/h5-8H,3-4H2,1-2H3/i3D. The fourth-order valence-corrected chi connectivity index (χ4v) is 1.17. The van der Waals surface area contributed by atoms with Crippen molar-refractivity contribution in [2.45, 2.75) is 31.6 Å². The molecule has 0 spiro atoms. The van der Waals surface area contributed by atoms with Crippen molar-refractivity contribution in [2.24, 2.45) is 0 Å². The van der Waals surface area contributed by atoms with Crippen LogP contribution in [-0.4, -0.2) is 37.1 Å². The zero-order chi connectivity index (χ0) is 8.43. The minimum absolute atomic E-state index is 0.0712. The SMILES string of the molecule is [2H]C1C(C)OC(CO)C1OC. The van der Waals surface area contributed by atoms with Gasteiger partial charge in [-0.25, -0.2) is 0 Å². The van der Waals surface area contributed by atoms with Crippen LogP contribution in [0.4, 0.5) is 0 Å². The summed E-state index contributed by atoms with van der Waals surface area (Å²) in [6.45, 7) is 1.75. The molecule has 1 heterocycles. The zero-order valence-corrected chi connectivity index (χ0v) is 6.28. The Bertz CT molecular complexity index is 131. The van der Waals surface area contributed by atoms with Gasteiger partial charge in [0.25, 0.3) is 0 Å². The van der Waals surface area contributed by atoms with Crippen molar-refractivity contribution in [2.75, 3.05) is 13.7 Å². The van der Waals surface area contributed by atoms with E-state index in [2.05, 4.69) is 0 Å². The molecule has 0 aromatic heterocycles. The first kappa shape index (κ1) is 6.58. The summed E-state index contributed by atoms with van der Waals surface area (Å²) < 4.78 is 17.9. The predicted molar refractivity (Wildman–Crippen MR) is 36.8 cm³/mol. The highest BCUT2D eigenvalue weighted by Gasteiger charge is 2.31. The maximum atomic E-state index is 8.81. The molecule has 0 aliphatic carbocycles. The van der Waals surface area contributed by atoms with E-state index in [-0.39, 0.29) is 31.3 Å². The first-order valence-corrected chi connectivity index (χ1v) is 3.42. The maximum Gasteiger partial charge on any atom is 0.107 e. The lowest BCUT2D eigenvalue weighted by Gasteiger charge is -2.13. The topological polar surface area (TPSA) is 38.7 Å². The zero-order valence-electron chi connectivity index (χ0n) is 7.28. The third-order valence-corrected chi connectivity index (χ3v) is 1.67. The highest BCUT2D eigenvalue weighted by molar-refractivity contribution is 4.80. The van der Waals surface area contributed by atoms with E-state index in [1.54, 1.807) is 0 Å². The molecule has 1 saturated heterocycles. The van der Waals surface area contributed by atoms with Crippen LogP contribution in [0.3, 0.4) is 0 Å². The fraction of sp³-hybridized carbons (Fsp3) is 1.00. The van der Waals surface area contributed by atoms with Crippen LogP contribution in [0.2, 0.25) is 0 Å².